The van der Waals surface area contributed by atoms with E-state index < -0.39 is 0 Å². The smallest absolute Gasteiger partial charge is 0.166 e. The molecule has 1 atom stereocenters. The van der Waals surface area contributed by atoms with Crippen molar-refractivity contribution in [2.24, 2.45) is 0 Å². The van der Waals surface area contributed by atoms with Gasteiger partial charge in [0.2, 0.25) is 0 Å². The molecule has 8 heteroatoms. The van der Waals surface area contributed by atoms with Crippen LogP contribution < -0.4 is 5.48 Å². The molecule has 0 aliphatic rings. The Kier molecular flexibility index (Phi) is 21.4. The van der Waals surface area contributed by atoms with Crippen LogP contribution in [0.1, 0.15) is 27.2 Å². The van der Waals surface area contributed by atoms with Gasteiger partial charge in [0.25, 0.3) is 0 Å². The minimum Gasteiger partial charge on any atom is -0.357 e. The molecule has 2 N–H and O–H groups in total. The number of ether oxygens (including phenoxy) is 1. The Morgan fingerprint density at radius 3 is 2.32 bits per heavy atom. The summed E-state index contributed by atoms with van der Waals surface area (Å²) in [5.41, 5.74) is 3.30. The average Bonchev–Trinajstić information content (AvgIpc) is 2.51. The molecule has 0 spiro atoms. The van der Waals surface area contributed by atoms with Crippen LogP contribution in [0.25, 0.3) is 0 Å². The van der Waals surface area contributed by atoms with E-state index in [4.69, 9.17) is 20.0 Å². The minimum atomic E-state index is -0.110. The van der Waals surface area contributed by atoms with E-state index in [1.807, 2.05) is 13.8 Å². The van der Waals surface area contributed by atoms with Crippen LogP contribution in [0.4, 0.5) is 0 Å². The van der Waals surface area contributed by atoms with Crippen molar-refractivity contribution in [1.82, 2.24) is 5.48 Å². The van der Waals surface area contributed by atoms with Gasteiger partial charge in [-0.05, 0) is 20.8 Å². The summed E-state index contributed by atoms with van der Waals surface area (Å²) in [5.74, 6) is 0. The lowest BCUT2D eigenvalue weighted by molar-refractivity contribution is -0.296. The van der Waals surface area contributed by atoms with Gasteiger partial charge in [-0.15, -0.1) is 6.58 Å². The Morgan fingerprint density at radius 2 is 1.82 bits per heavy atom. The highest BCUT2D eigenvalue weighted by Gasteiger charge is 2.03. The predicted octanol–water partition coefficient (Wildman–Crippen LogP) is 2.02. The van der Waals surface area contributed by atoms with Crippen LogP contribution in [-0.4, -0.2) is 52.1 Å². The van der Waals surface area contributed by atoms with Crippen molar-refractivity contribution < 1.29 is 29.1 Å². The molecular formula is C14H30N2O6. The quantitative estimate of drug-likeness (QED) is 0.126. The summed E-state index contributed by atoms with van der Waals surface area (Å²) in [6.45, 7) is 11.1. The van der Waals surface area contributed by atoms with Crippen LogP contribution in [-0.2, 0) is 29.1 Å². The Bertz CT molecular complexity index is 243. The fourth-order valence-electron chi connectivity index (χ4n) is 0.892. The molecule has 0 aromatic carbocycles. The van der Waals surface area contributed by atoms with Crippen molar-refractivity contribution in [1.29, 1.82) is 5.41 Å². The Labute approximate surface area is 133 Å². The maximum absolute atomic E-state index is 6.99. The molecule has 0 heterocycles. The molecule has 0 saturated carbocycles. The first-order valence-corrected chi connectivity index (χ1v) is 7.13. The second-order valence-corrected chi connectivity index (χ2v) is 3.96. The lowest BCUT2D eigenvalue weighted by atomic mass is 10.3. The van der Waals surface area contributed by atoms with E-state index >= 15 is 0 Å². The third kappa shape index (κ3) is 21.4. The first-order valence-electron chi connectivity index (χ1n) is 7.13. The van der Waals surface area contributed by atoms with Crippen LogP contribution in [0.5, 0.6) is 0 Å². The monoisotopic (exact) mass is 322 g/mol. The normalized spacial score (nSPS) is 11.5. The van der Waals surface area contributed by atoms with Crippen LogP contribution >= 0.6 is 0 Å². The highest BCUT2D eigenvalue weighted by Crippen LogP contribution is 1.89. The van der Waals surface area contributed by atoms with Crippen molar-refractivity contribution in [3.63, 3.8) is 0 Å². The van der Waals surface area contributed by atoms with E-state index in [0.29, 0.717) is 38.6 Å². The summed E-state index contributed by atoms with van der Waals surface area (Å²) < 4.78 is 4.67. The molecule has 0 rings (SSSR count). The van der Waals surface area contributed by atoms with Gasteiger partial charge in [-0.3, -0.25) is 4.84 Å². The van der Waals surface area contributed by atoms with E-state index in [1.54, 1.807) is 20.1 Å². The molecule has 132 valence electrons. The van der Waals surface area contributed by atoms with Crippen molar-refractivity contribution in [2.45, 2.75) is 33.2 Å². The van der Waals surface area contributed by atoms with Crippen LogP contribution in [0, 0.1) is 5.41 Å². The molecule has 1 unspecified atom stereocenters. The fourth-order valence-corrected chi connectivity index (χ4v) is 0.892. The number of nitrogens with one attached hydrogen (secondary N) is 2. The second-order valence-electron chi connectivity index (χ2n) is 3.96. The van der Waals surface area contributed by atoms with Gasteiger partial charge in [0, 0.05) is 19.2 Å². The number of hydrogen-bond donors (Lipinski definition) is 2. The van der Waals surface area contributed by atoms with E-state index in [0.717, 1.165) is 0 Å². The van der Waals surface area contributed by atoms with Gasteiger partial charge < -0.3 is 10.1 Å². The Morgan fingerprint density at radius 1 is 1.18 bits per heavy atom. The van der Waals surface area contributed by atoms with Gasteiger partial charge in [0.05, 0.1) is 25.9 Å². The van der Waals surface area contributed by atoms with Gasteiger partial charge >= 0.3 is 0 Å². The van der Waals surface area contributed by atoms with E-state index in [1.165, 1.54) is 0 Å². The van der Waals surface area contributed by atoms with Crippen LogP contribution in [0.15, 0.2) is 12.7 Å². The van der Waals surface area contributed by atoms with E-state index in [2.05, 4.69) is 26.6 Å². The first-order chi connectivity index (χ1) is 10.6. The molecule has 0 aliphatic heterocycles. The van der Waals surface area contributed by atoms with E-state index in [9.17, 15) is 0 Å². The molecule has 0 amide bonds. The van der Waals surface area contributed by atoms with Gasteiger partial charge in [0.15, 0.2) is 6.79 Å². The van der Waals surface area contributed by atoms with Crippen LogP contribution in [0.3, 0.4) is 0 Å². The van der Waals surface area contributed by atoms with Gasteiger partial charge in [-0.1, -0.05) is 6.08 Å². The third-order valence-electron chi connectivity index (χ3n) is 1.91. The topological polar surface area (TPSA) is 91.3 Å². The summed E-state index contributed by atoms with van der Waals surface area (Å²) in [4.78, 5) is 23.6. The van der Waals surface area contributed by atoms with Crippen molar-refractivity contribution in [3.05, 3.63) is 12.7 Å². The zero-order chi connectivity index (χ0) is 17.1. The number of rotatable bonds is 14. The largest absolute Gasteiger partial charge is 0.357 e. The first kappa shape index (κ1) is 23.4. The van der Waals surface area contributed by atoms with Crippen molar-refractivity contribution in [3.8, 4) is 0 Å². The summed E-state index contributed by atoms with van der Waals surface area (Å²) in [6, 6.07) is -0.110. The molecular weight excluding hydrogens is 292 g/mol. The zero-order valence-corrected chi connectivity index (χ0v) is 14.1. The standard InChI is InChI=1S/C8H17NO4.C6H13NO2/c1-4-8(6-13-12-5-2)9-11-7-10-3;1-3-8-9-5-4-6(2)7/h4,8-9H,1,5-7H2,2-3H3;7H,3-5H2,1-2H3. The minimum absolute atomic E-state index is 0.110. The number of hydroxylamine groups is 1. The second kappa shape index (κ2) is 20.1. The summed E-state index contributed by atoms with van der Waals surface area (Å²) in [7, 11) is 1.54. The maximum atomic E-state index is 6.99. The highest BCUT2D eigenvalue weighted by atomic mass is 17.2. The predicted molar refractivity (Wildman–Crippen MR) is 83.3 cm³/mol. The Balaban J connectivity index is 0. The third-order valence-corrected chi connectivity index (χ3v) is 1.91. The summed E-state index contributed by atoms with van der Waals surface area (Å²) in [5, 5.41) is 6.99. The molecule has 22 heavy (non-hydrogen) atoms. The van der Waals surface area contributed by atoms with Gasteiger partial charge in [-0.25, -0.2) is 19.6 Å². The van der Waals surface area contributed by atoms with Gasteiger partial charge in [-0.2, -0.15) is 5.48 Å². The molecule has 0 aromatic rings. The number of hydrogen-bond acceptors (Lipinski definition) is 8. The van der Waals surface area contributed by atoms with E-state index in [-0.39, 0.29) is 12.8 Å². The average molecular weight is 322 g/mol. The van der Waals surface area contributed by atoms with Crippen molar-refractivity contribution in [2.75, 3.05) is 40.3 Å². The van der Waals surface area contributed by atoms with Gasteiger partial charge in [0.1, 0.15) is 6.61 Å². The molecule has 0 fully saturated rings. The summed E-state index contributed by atoms with van der Waals surface area (Å²) in [6.07, 6.45) is 2.31. The molecule has 0 bridgehead atoms. The highest BCUT2D eigenvalue weighted by molar-refractivity contribution is 5.78. The molecule has 0 saturated heterocycles. The lowest BCUT2D eigenvalue weighted by Crippen LogP contribution is -2.32. The number of methoxy groups -OCH3 is 1. The van der Waals surface area contributed by atoms with Crippen molar-refractivity contribution >= 4 is 5.71 Å². The molecule has 0 radical (unpaired) electrons. The molecule has 8 nitrogen and oxygen atoms in total. The zero-order valence-electron chi connectivity index (χ0n) is 14.1. The maximum Gasteiger partial charge on any atom is 0.166 e. The summed E-state index contributed by atoms with van der Waals surface area (Å²) >= 11 is 0. The molecule has 0 aliphatic carbocycles. The lowest BCUT2D eigenvalue weighted by Gasteiger charge is -2.13. The van der Waals surface area contributed by atoms with Crippen LogP contribution in [0.2, 0.25) is 0 Å². The SMILES string of the molecule is C=CC(COOCC)NOCOC.CCOOCCC(C)=N. The fraction of sp³-hybridized carbons (Fsp3) is 0.786. The molecule has 0 aromatic heterocycles. The Hall–Kier alpha value is -0.870.